The zero-order chi connectivity index (χ0) is 19.2. The minimum absolute atomic E-state index is 0.0875. The summed E-state index contributed by atoms with van der Waals surface area (Å²) in [4.78, 5) is 12.3. The SMILES string of the molecule is Cc1ccc(N(CCC(=O)NCC(C)C)S(=O)(=O)c2ccccc2)cc1. The van der Waals surface area contributed by atoms with Crippen LogP contribution in [0.25, 0.3) is 0 Å². The highest BCUT2D eigenvalue weighted by Crippen LogP contribution is 2.24. The molecule has 0 saturated heterocycles. The van der Waals surface area contributed by atoms with Gasteiger partial charge in [-0.2, -0.15) is 0 Å². The number of carbonyl (C=O) groups excluding carboxylic acids is 1. The number of nitrogens with zero attached hydrogens (tertiary/aromatic N) is 1. The van der Waals surface area contributed by atoms with Crippen LogP contribution in [-0.4, -0.2) is 27.4 Å². The van der Waals surface area contributed by atoms with Gasteiger partial charge in [-0.1, -0.05) is 49.7 Å². The molecule has 0 unspecified atom stereocenters. The van der Waals surface area contributed by atoms with Gasteiger partial charge in [-0.25, -0.2) is 8.42 Å². The zero-order valence-electron chi connectivity index (χ0n) is 15.5. The Bertz CT molecular complexity index is 816. The van der Waals surface area contributed by atoms with Crippen molar-refractivity contribution in [2.24, 2.45) is 5.92 Å². The van der Waals surface area contributed by atoms with Gasteiger partial charge >= 0.3 is 0 Å². The van der Waals surface area contributed by atoms with Gasteiger partial charge in [0.25, 0.3) is 10.0 Å². The predicted molar refractivity (Wildman–Crippen MR) is 105 cm³/mol. The van der Waals surface area contributed by atoms with E-state index in [0.29, 0.717) is 18.2 Å². The second-order valence-corrected chi connectivity index (χ2v) is 8.54. The standard InChI is InChI=1S/C20H26N2O3S/c1-16(2)15-21-20(23)13-14-22(18-11-9-17(3)10-12-18)26(24,25)19-7-5-4-6-8-19/h4-12,16H,13-15H2,1-3H3,(H,21,23). The third-order valence-electron chi connectivity index (χ3n) is 3.90. The van der Waals surface area contributed by atoms with Crippen molar-refractivity contribution in [2.45, 2.75) is 32.1 Å². The smallest absolute Gasteiger partial charge is 0.264 e. The van der Waals surface area contributed by atoms with Crippen LogP contribution in [0.2, 0.25) is 0 Å². The number of sulfonamides is 1. The number of hydrogen-bond acceptors (Lipinski definition) is 3. The summed E-state index contributed by atoms with van der Waals surface area (Å²) < 4.78 is 27.5. The van der Waals surface area contributed by atoms with Gasteiger partial charge in [0.1, 0.15) is 0 Å². The number of anilines is 1. The molecular weight excluding hydrogens is 348 g/mol. The second-order valence-electron chi connectivity index (χ2n) is 6.67. The van der Waals surface area contributed by atoms with Crippen molar-refractivity contribution in [3.63, 3.8) is 0 Å². The van der Waals surface area contributed by atoms with Gasteiger partial charge in [0.2, 0.25) is 5.91 Å². The van der Waals surface area contributed by atoms with Crippen molar-refractivity contribution >= 4 is 21.6 Å². The maximum Gasteiger partial charge on any atom is 0.264 e. The summed E-state index contributed by atoms with van der Waals surface area (Å²) in [5, 5.41) is 2.83. The highest BCUT2D eigenvalue weighted by Gasteiger charge is 2.25. The number of rotatable bonds is 8. The molecule has 0 saturated carbocycles. The van der Waals surface area contributed by atoms with Crippen LogP contribution in [0.4, 0.5) is 5.69 Å². The minimum Gasteiger partial charge on any atom is -0.356 e. The highest BCUT2D eigenvalue weighted by molar-refractivity contribution is 7.92. The molecule has 1 N–H and O–H groups in total. The Hall–Kier alpha value is -2.34. The minimum atomic E-state index is -3.74. The molecule has 0 bridgehead atoms. The topological polar surface area (TPSA) is 66.5 Å². The number of benzene rings is 2. The van der Waals surface area contributed by atoms with E-state index in [0.717, 1.165) is 5.56 Å². The summed E-state index contributed by atoms with van der Waals surface area (Å²) in [5.74, 6) is 0.194. The van der Waals surface area contributed by atoms with E-state index in [9.17, 15) is 13.2 Å². The van der Waals surface area contributed by atoms with E-state index in [1.807, 2.05) is 32.9 Å². The second kappa shape index (κ2) is 8.85. The van der Waals surface area contributed by atoms with Crippen LogP contribution in [0.1, 0.15) is 25.8 Å². The predicted octanol–water partition coefficient (Wildman–Crippen LogP) is 3.35. The van der Waals surface area contributed by atoms with Gasteiger partial charge < -0.3 is 5.32 Å². The average molecular weight is 375 g/mol. The summed E-state index contributed by atoms with van der Waals surface area (Å²) in [6.07, 6.45) is 0.104. The van der Waals surface area contributed by atoms with Crippen molar-refractivity contribution in [1.82, 2.24) is 5.32 Å². The van der Waals surface area contributed by atoms with Crippen molar-refractivity contribution in [2.75, 3.05) is 17.4 Å². The fourth-order valence-corrected chi connectivity index (χ4v) is 3.91. The van der Waals surface area contributed by atoms with Gasteiger partial charge in [0.15, 0.2) is 0 Å². The lowest BCUT2D eigenvalue weighted by atomic mass is 10.2. The zero-order valence-corrected chi connectivity index (χ0v) is 16.3. The lowest BCUT2D eigenvalue weighted by Crippen LogP contribution is -2.36. The van der Waals surface area contributed by atoms with E-state index in [1.165, 1.54) is 4.31 Å². The molecule has 2 aromatic rings. The fourth-order valence-electron chi connectivity index (χ4n) is 2.43. The number of amides is 1. The first-order valence-corrected chi connectivity index (χ1v) is 10.2. The molecular formula is C20H26N2O3S. The molecule has 2 rings (SSSR count). The Morgan fingerprint density at radius 2 is 1.65 bits per heavy atom. The number of aryl methyl sites for hydroxylation is 1. The first-order chi connectivity index (χ1) is 12.3. The molecule has 0 aromatic heterocycles. The van der Waals surface area contributed by atoms with E-state index < -0.39 is 10.0 Å². The average Bonchev–Trinajstić information content (AvgIpc) is 2.62. The van der Waals surface area contributed by atoms with Gasteiger partial charge in [-0.05, 0) is 37.1 Å². The van der Waals surface area contributed by atoms with Crippen LogP contribution in [0.5, 0.6) is 0 Å². The lowest BCUT2D eigenvalue weighted by Gasteiger charge is -2.24. The summed E-state index contributed by atoms with van der Waals surface area (Å²) in [6.45, 7) is 6.63. The largest absolute Gasteiger partial charge is 0.356 e. The molecule has 2 aromatic carbocycles. The van der Waals surface area contributed by atoms with Crippen LogP contribution in [-0.2, 0) is 14.8 Å². The third kappa shape index (κ3) is 5.33. The monoisotopic (exact) mass is 374 g/mol. The molecule has 5 nitrogen and oxygen atoms in total. The van der Waals surface area contributed by atoms with E-state index in [4.69, 9.17) is 0 Å². The first-order valence-electron chi connectivity index (χ1n) is 8.72. The molecule has 6 heteroatoms. The van der Waals surface area contributed by atoms with Crippen LogP contribution in [0.3, 0.4) is 0 Å². The van der Waals surface area contributed by atoms with E-state index in [2.05, 4.69) is 5.32 Å². The first kappa shape index (κ1) is 20.0. The molecule has 0 aliphatic rings. The Morgan fingerprint density at radius 1 is 1.04 bits per heavy atom. The molecule has 0 fully saturated rings. The fraction of sp³-hybridized carbons (Fsp3) is 0.350. The number of carbonyl (C=O) groups is 1. The van der Waals surface area contributed by atoms with Gasteiger partial charge in [-0.15, -0.1) is 0 Å². The van der Waals surface area contributed by atoms with Crippen molar-refractivity contribution in [3.8, 4) is 0 Å². The summed E-state index contributed by atoms with van der Waals surface area (Å²) >= 11 is 0. The Kier molecular flexibility index (Phi) is 6.80. The van der Waals surface area contributed by atoms with Crippen LogP contribution < -0.4 is 9.62 Å². The number of nitrogens with one attached hydrogen (secondary N) is 1. The third-order valence-corrected chi connectivity index (χ3v) is 5.74. The van der Waals surface area contributed by atoms with Gasteiger partial charge in [0, 0.05) is 19.5 Å². The Labute approximate surface area is 156 Å². The van der Waals surface area contributed by atoms with Crippen LogP contribution in [0.15, 0.2) is 59.5 Å². The molecule has 0 spiro atoms. The molecule has 1 amide bonds. The van der Waals surface area contributed by atoms with E-state index in [-0.39, 0.29) is 23.8 Å². The Morgan fingerprint density at radius 3 is 2.23 bits per heavy atom. The van der Waals surface area contributed by atoms with Crippen LogP contribution >= 0.6 is 0 Å². The quantitative estimate of drug-likeness (QED) is 0.770. The van der Waals surface area contributed by atoms with Crippen molar-refractivity contribution < 1.29 is 13.2 Å². The Balaban J connectivity index is 2.25. The van der Waals surface area contributed by atoms with E-state index in [1.54, 1.807) is 42.5 Å². The normalized spacial score (nSPS) is 11.4. The molecule has 140 valence electrons. The lowest BCUT2D eigenvalue weighted by molar-refractivity contribution is -0.121. The van der Waals surface area contributed by atoms with Crippen molar-refractivity contribution in [1.29, 1.82) is 0 Å². The maximum atomic E-state index is 13.1. The molecule has 0 heterocycles. The van der Waals surface area contributed by atoms with Gasteiger partial charge in [0.05, 0.1) is 10.6 Å². The summed E-state index contributed by atoms with van der Waals surface area (Å²) in [6, 6.07) is 15.5. The van der Waals surface area contributed by atoms with Crippen LogP contribution in [0, 0.1) is 12.8 Å². The van der Waals surface area contributed by atoms with Crippen molar-refractivity contribution in [3.05, 3.63) is 60.2 Å². The van der Waals surface area contributed by atoms with E-state index >= 15 is 0 Å². The number of hydrogen-bond donors (Lipinski definition) is 1. The molecule has 26 heavy (non-hydrogen) atoms. The maximum absolute atomic E-state index is 13.1. The van der Waals surface area contributed by atoms with Gasteiger partial charge in [-0.3, -0.25) is 9.10 Å². The molecule has 0 atom stereocenters. The molecule has 0 radical (unpaired) electrons. The highest BCUT2D eigenvalue weighted by atomic mass is 32.2. The summed E-state index contributed by atoms with van der Waals surface area (Å²) in [5.41, 5.74) is 1.59. The summed E-state index contributed by atoms with van der Waals surface area (Å²) in [7, 11) is -3.74. The molecule has 0 aliphatic heterocycles. The molecule has 0 aliphatic carbocycles.